The van der Waals surface area contributed by atoms with Gasteiger partial charge in [0.05, 0.1) is 16.2 Å². The summed E-state index contributed by atoms with van der Waals surface area (Å²) < 4.78 is 0. The summed E-state index contributed by atoms with van der Waals surface area (Å²) in [6, 6.07) is 0. The molecule has 68 valence electrons. The molecule has 0 bridgehead atoms. The number of halogens is 1. The van der Waals surface area contributed by atoms with E-state index in [1.54, 1.807) is 0 Å². The van der Waals surface area contributed by atoms with Gasteiger partial charge in [-0.1, -0.05) is 6.92 Å². The van der Waals surface area contributed by atoms with Crippen molar-refractivity contribution in [1.82, 2.24) is 5.32 Å². The van der Waals surface area contributed by atoms with Gasteiger partial charge >= 0.3 is 0 Å². The largest absolute Gasteiger partial charge is 0.367 e. The van der Waals surface area contributed by atoms with E-state index in [0.29, 0.717) is 17.7 Å². The molecule has 0 radical (unpaired) electrons. The number of piperidine rings is 1. The van der Waals surface area contributed by atoms with Gasteiger partial charge in [-0.05, 0) is 19.8 Å². The Hall–Kier alpha value is -0.240. The Morgan fingerprint density at radius 1 is 1.58 bits per heavy atom. The van der Waals surface area contributed by atoms with Crippen molar-refractivity contribution in [3.8, 4) is 0 Å². The van der Waals surface area contributed by atoms with E-state index in [1.807, 2.05) is 0 Å². The molecule has 1 aliphatic heterocycles. The van der Waals surface area contributed by atoms with Crippen LogP contribution < -0.4 is 5.32 Å². The quantitative estimate of drug-likeness (QED) is 0.558. The smallest absolute Gasteiger partial charge is 0.0939 e. The number of alkyl halides is 1. The van der Waals surface area contributed by atoms with E-state index >= 15 is 0 Å². The number of nitrogens with one attached hydrogen (secondary N) is 2. The Bertz CT molecular complexity index is 249. The Kier molecular flexibility index (Phi) is 1.38. The van der Waals surface area contributed by atoms with Gasteiger partial charge in [0.1, 0.15) is 0 Å². The Labute approximate surface area is 78.2 Å². The zero-order valence-electron chi connectivity index (χ0n) is 7.74. The SMILES string of the molecule is CC1CC(=N)NC2(C)C1C2(C)Cl. The van der Waals surface area contributed by atoms with Gasteiger partial charge in [0.15, 0.2) is 0 Å². The van der Waals surface area contributed by atoms with Gasteiger partial charge in [0, 0.05) is 12.3 Å². The van der Waals surface area contributed by atoms with Crippen molar-refractivity contribution in [2.75, 3.05) is 0 Å². The van der Waals surface area contributed by atoms with E-state index in [4.69, 9.17) is 17.0 Å². The van der Waals surface area contributed by atoms with Gasteiger partial charge in [0.2, 0.25) is 0 Å². The molecule has 4 atom stereocenters. The van der Waals surface area contributed by atoms with Gasteiger partial charge in [-0.3, -0.25) is 5.41 Å². The average Bonchev–Trinajstić information content (AvgIpc) is 2.24. The van der Waals surface area contributed by atoms with Crippen LogP contribution in [-0.2, 0) is 0 Å². The molecule has 3 heteroatoms. The minimum atomic E-state index is -0.144. The van der Waals surface area contributed by atoms with Crippen molar-refractivity contribution in [3.05, 3.63) is 0 Å². The van der Waals surface area contributed by atoms with E-state index in [-0.39, 0.29) is 10.4 Å². The first-order valence-electron chi connectivity index (χ1n) is 4.44. The second-order valence-corrected chi connectivity index (χ2v) is 5.33. The zero-order chi connectivity index (χ0) is 9.15. The molecule has 2 fully saturated rings. The van der Waals surface area contributed by atoms with Crippen LogP contribution in [0.1, 0.15) is 27.2 Å². The third-order valence-corrected chi connectivity index (χ3v) is 4.27. The Morgan fingerprint density at radius 3 is 2.67 bits per heavy atom. The van der Waals surface area contributed by atoms with Crippen LogP contribution in [0.4, 0.5) is 0 Å². The molecular formula is C9H15ClN2. The maximum absolute atomic E-state index is 7.61. The maximum atomic E-state index is 7.61. The summed E-state index contributed by atoms with van der Waals surface area (Å²) >= 11 is 6.36. The van der Waals surface area contributed by atoms with Gasteiger partial charge in [-0.25, -0.2) is 0 Å². The average molecular weight is 187 g/mol. The minimum Gasteiger partial charge on any atom is -0.367 e. The molecule has 2 rings (SSSR count). The fraction of sp³-hybridized carbons (Fsp3) is 0.889. The number of fused-ring (bicyclic) bond motifs is 1. The van der Waals surface area contributed by atoms with Crippen molar-refractivity contribution in [3.63, 3.8) is 0 Å². The second-order valence-electron chi connectivity index (χ2n) is 4.54. The van der Waals surface area contributed by atoms with Gasteiger partial charge in [0.25, 0.3) is 0 Å². The van der Waals surface area contributed by atoms with Crippen LogP contribution in [0.15, 0.2) is 0 Å². The summed E-state index contributed by atoms with van der Waals surface area (Å²) in [7, 11) is 0. The predicted octanol–water partition coefficient (Wildman–Crippen LogP) is 1.98. The lowest BCUT2D eigenvalue weighted by Gasteiger charge is -2.25. The topological polar surface area (TPSA) is 35.9 Å². The summed E-state index contributed by atoms with van der Waals surface area (Å²) in [4.78, 5) is -0.144. The molecule has 2 nitrogen and oxygen atoms in total. The first kappa shape index (κ1) is 8.36. The van der Waals surface area contributed by atoms with E-state index in [2.05, 4.69) is 26.1 Å². The molecular weight excluding hydrogens is 172 g/mol. The molecule has 1 aliphatic carbocycles. The number of rotatable bonds is 0. The van der Waals surface area contributed by atoms with Crippen molar-refractivity contribution < 1.29 is 0 Å². The van der Waals surface area contributed by atoms with Crippen molar-refractivity contribution in [1.29, 1.82) is 5.41 Å². The highest BCUT2D eigenvalue weighted by Gasteiger charge is 2.73. The first-order valence-corrected chi connectivity index (χ1v) is 4.82. The Balaban J connectivity index is 2.29. The standard InChI is InChI=1S/C9H15ClN2/c1-5-4-6(11)12-9(3)7(5)8(9,2)10/h5,7H,4H2,1-3H3,(H2,11,12). The molecule has 1 saturated carbocycles. The zero-order valence-corrected chi connectivity index (χ0v) is 8.50. The monoisotopic (exact) mass is 186 g/mol. The number of amidine groups is 1. The summed E-state index contributed by atoms with van der Waals surface area (Å²) in [6.07, 6.45) is 0.850. The van der Waals surface area contributed by atoms with Gasteiger partial charge in [-0.2, -0.15) is 0 Å². The van der Waals surface area contributed by atoms with E-state index in [9.17, 15) is 0 Å². The molecule has 12 heavy (non-hydrogen) atoms. The van der Waals surface area contributed by atoms with Crippen LogP contribution in [0.25, 0.3) is 0 Å². The molecule has 0 spiro atoms. The summed E-state index contributed by atoms with van der Waals surface area (Å²) in [5.41, 5.74) is -0.0245. The second kappa shape index (κ2) is 1.98. The minimum absolute atomic E-state index is 0.0245. The third-order valence-electron chi connectivity index (χ3n) is 3.64. The van der Waals surface area contributed by atoms with Crippen molar-refractivity contribution in [2.24, 2.45) is 11.8 Å². The highest BCUT2D eigenvalue weighted by molar-refractivity contribution is 6.28. The fourth-order valence-corrected chi connectivity index (χ4v) is 3.45. The van der Waals surface area contributed by atoms with E-state index in [0.717, 1.165) is 6.42 Å². The van der Waals surface area contributed by atoms with Crippen LogP contribution in [0, 0.1) is 17.2 Å². The normalized spacial score (nSPS) is 57.5. The first-order chi connectivity index (χ1) is 5.39. The summed E-state index contributed by atoms with van der Waals surface area (Å²) in [5, 5.41) is 10.8. The molecule has 1 saturated heterocycles. The molecule has 0 aromatic heterocycles. The lowest BCUT2D eigenvalue weighted by atomic mass is 9.94. The van der Waals surface area contributed by atoms with Gasteiger partial charge in [-0.15, -0.1) is 11.6 Å². The third kappa shape index (κ3) is 0.743. The maximum Gasteiger partial charge on any atom is 0.0939 e. The lowest BCUT2D eigenvalue weighted by molar-refractivity contribution is 0.412. The van der Waals surface area contributed by atoms with Crippen LogP contribution in [-0.4, -0.2) is 16.2 Å². The molecule has 0 amide bonds. The summed E-state index contributed by atoms with van der Waals surface area (Å²) in [6.45, 7) is 6.38. The van der Waals surface area contributed by atoms with Crippen LogP contribution in [0.5, 0.6) is 0 Å². The lowest BCUT2D eigenvalue weighted by Crippen LogP contribution is -2.43. The summed E-state index contributed by atoms with van der Waals surface area (Å²) in [5.74, 6) is 1.72. The highest BCUT2D eigenvalue weighted by atomic mass is 35.5. The molecule has 2 aliphatic rings. The highest BCUT2D eigenvalue weighted by Crippen LogP contribution is 2.64. The van der Waals surface area contributed by atoms with Crippen LogP contribution in [0.3, 0.4) is 0 Å². The van der Waals surface area contributed by atoms with Gasteiger partial charge < -0.3 is 5.32 Å². The predicted molar refractivity (Wildman–Crippen MR) is 50.8 cm³/mol. The van der Waals surface area contributed by atoms with Crippen molar-refractivity contribution in [2.45, 2.75) is 37.6 Å². The molecule has 0 aromatic rings. The van der Waals surface area contributed by atoms with E-state index < -0.39 is 0 Å². The number of hydrogen-bond donors (Lipinski definition) is 2. The molecule has 1 heterocycles. The van der Waals surface area contributed by atoms with Crippen LogP contribution >= 0.6 is 11.6 Å². The Morgan fingerprint density at radius 2 is 2.17 bits per heavy atom. The van der Waals surface area contributed by atoms with Crippen LogP contribution in [0.2, 0.25) is 0 Å². The van der Waals surface area contributed by atoms with E-state index in [1.165, 1.54) is 0 Å². The fourth-order valence-electron chi connectivity index (χ4n) is 2.90. The number of hydrogen-bond acceptors (Lipinski definition) is 1. The van der Waals surface area contributed by atoms with Crippen molar-refractivity contribution >= 4 is 17.4 Å². The molecule has 2 N–H and O–H groups in total. The molecule has 4 unspecified atom stereocenters. The molecule has 0 aromatic carbocycles.